The Bertz CT molecular complexity index is 307. The Balaban J connectivity index is 3.21. The second kappa shape index (κ2) is 4.99. The van der Waals surface area contributed by atoms with Crippen molar-refractivity contribution in [2.45, 2.75) is 38.5 Å². The third-order valence-electron chi connectivity index (χ3n) is 2.41. The smallest absolute Gasteiger partial charge is 0.0716 e. The predicted molar refractivity (Wildman–Crippen MR) is 64.8 cm³/mol. The van der Waals surface area contributed by atoms with E-state index in [4.69, 9.17) is 11.6 Å². The highest BCUT2D eigenvalue weighted by Crippen LogP contribution is 2.29. The molecule has 1 atom stereocenters. The maximum absolute atomic E-state index is 6.29. The van der Waals surface area contributed by atoms with Crippen LogP contribution in [0.3, 0.4) is 0 Å². The fraction of sp³-hybridized carbons (Fsp3) is 0.500. The van der Waals surface area contributed by atoms with Crippen LogP contribution in [0.1, 0.15) is 49.6 Å². The van der Waals surface area contributed by atoms with Crippen LogP contribution in [0.2, 0.25) is 0 Å². The molecule has 0 spiro atoms. The highest BCUT2D eigenvalue weighted by atomic mass is 35.5. The van der Waals surface area contributed by atoms with E-state index in [0.29, 0.717) is 5.92 Å². The van der Waals surface area contributed by atoms with Crippen LogP contribution in [0.5, 0.6) is 0 Å². The number of alkyl halides is 1. The molecule has 14 heavy (non-hydrogen) atoms. The summed E-state index contributed by atoms with van der Waals surface area (Å²) in [6.45, 7) is 6.51. The fourth-order valence-electron chi connectivity index (χ4n) is 1.72. The second-order valence-electron chi connectivity index (χ2n) is 3.84. The van der Waals surface area contributed by atoms with Gasteiger partial charge in [-0.15, -0.1) is 11.6 Å². The predicted octanol–water partition coefficient (Wildman–Crippen LogP) is 3.29. The molecule has 0 aliphatic heterocycles. The van der Waals surface area contributed by atoms with E-state index in [9.17, 15) is 0 Å². The van der Waals surface area contributed by atoms with E-state index < -0.39 is 0 Å². The Morgan fingerprint density at radius 1 is 1.36 bits per heavy atom. The molecule has 0 amide bonds. The largest absolute Gasteiger partial charge is 0.118 e. The summed E-state index contributed by atoms with van der Waals surface area (Å²) in [6.07, 6.45) is 0.969. The van der Waals surface area contributed by atoms with Crippen LogP contribution in [-0.2, 0) is 0 Å². The van der Waals surface area contributed by atoms with Crippen LogP contribution in [0.15, 0.2) is 18.2 Å². The van der Waals surface area contributed by atoms with Gasteiger partial charge in [0.25, 0.3) is 0 Å². The standard InChI is InChI=1S/C12H16ClSi/c1-4-10(13)9-6-5-7-11(14)12(9)8(2)3/h5-8,10H,4H2,1-3H3. The molecule has 0 fully saturated rings. The van der Waals surface area contributed by atoms with Gasteiger partial charge < -0.3 is 0 Å². The molecule has 0 aliphatic rings. The number of hydrogen-bond donors (Lipinski definition) is 0. The number of hydrogen-bond acceptors (Lipinski definition) is 0. The van der Waals surface area contributed by atoms with Gasteiger partial charge in [-0.1, -0.05) is 44.2 Å². The van der Waals surface area contributed by atoms with Gasteiger partial charge in [0.1, 0.15) is 0 Å². The first kappa shape index (κ1) is 11.8. The molecule has 0 bridgehead atoms. The van der Waals surface area contributed by atoms with E-state index in [2.05, 4.69) is 49.2 Å². The summed E-state index contributed by atoms with van der Waals surface area (Å²) in [5, 5.41) is 1.29. The van der Waals surface area contributed by atoms with Crippen molar-refractivity contribution in [2.75, 3.05) is 0 Å². The Morgan fingerprint density at radius 2 is 2.00 bits per heavy atom. The molecule has 0 aromatic heterocycles. The third kappa shape index (κ3) is 2.40. The van der Waals surface area contributed by atoms with Gasteiger partial charge in [-0.05, 0) is 23.5 Å². The first-order valence-electron chi connectivity index (χ1n) is 5.06. The van der Waals surface area contributed by atoms with Crippen LogP contribution in [-0.4, -0.2) is 10.2 Å². The summed E-state index contributed by atoms with van der Waals surface area (Å²) in [7, 11) is 3.64. The van der Waals surface area contributed by atoms with Crippen molar-refractivity contribution in [1.82, 2.24) is 0 Å². The van der Waals surface area contributed by atoms with Crippen molar-refractivity contribution in [3.05, 3.63) is 29.3 Å². The normalized spacial score (nSPS) is 13.3. The van der Waals surface area contributed by atoms with Crippen LogP contribution in [0.25, 0.3) is 0 Å². The molecule has 1 aromatic carbocycles. The zero-order chi connectivity index (χ0) is 10.7. The monoisotopic (exact) mass is 223 g/mol. The van der Waals surface area contributed by atoms with Crippen LogP contribution < -0.4 is 5.19 Å². The highest BCUT2D eigenvalue weighted by Gasteiger charge is 2.14. The molecule has 0 N–H and O–H groups in total. The van der Waals surface area contributed by atoms with Gasteiger partial charge in [-0.25, -0.2) is 0 Å². The Morgan fingerprint density at radius 3 is 2.50 bits per heavy atom. The minimum atomic E-state index is 0.128. The third-order valence-corrected chi connectivity index (χ3v) is 3.39. The van der Waals surface area contributed by atoms with E-state index in [-0.39, 0.29) is 5.38 Å². The summed E-state index contributed by atoms with van der Waals surface area (Å²) in [6, 6.07) is 6.25. The molecular weight excluding hydrogens is 208 g/mol. The van der Waals surface area contributed by atoms with Crippen LogP contribution >= 0.6 is 11.6 Å². The second-order valence-corrected chi connectivity index (χ2v) is 4.90. The minimum Gasteiger partial charge on any atom is -0.118 e. The van der Waals surface area contributed by atoms with E-state index >= 15 is 0 Å². The minimum absolute atomic E-state index is 0.128. The van der Waals surface area contributed by atoms with Gasteiger partial charge in [0.15, 0.2) is 0 Å². The highest BCUT2D eigenvalue weighted by molar-refractivity contribution is 6.33. The maximum atomic E-state index is 6.29. The van der Waals surface area contributed by atoms with Gasteiger partial charge in [0.05, 0.1) is 15.6 Å². The molecule has 2 heteroatoms. The average molecular weight is 224 g/mol. The van der Waals surface area contributed by atoms with Crippen LogP contribution in [0, 0.1) is 0 Å². The lowest BCUT2D eigenvalue weighted by molar-refractivity contribution is 0.811. The molecular formula is C12H16ClSi. The van der Waals surface area contributed by atoms with E-state index in [1.165, 1.54) is 11.1 Å². The van der Waals surface area contributed by atoms with Crippen molar-refractivity contribution in [2.24, 2.45) is 0 Å². The lowest BCUT2D eigenvalue weighted by Crippen LogP contribution is -2.15. The van der Waals surface area contributed by atoms with Gasteiger partial charge >= 0.3 is 0 Å². The Kier molecular flexibility index (Phi) is 4.21. The van der Waals surface area contributed by atoms with E-state index in [1.54, 1.807) is 0 Å². The molecule has 1 rings (SSSR count). The molecule has 1 unspecified atom stereocenters. The van der Waals surface area contributed by atoms with E-state index in [1.807, 2.05) is 0 Å². The van der Waals surface area contributed by atoms with Gasteiger partial charge in [0, 0.05) is 0 Å². The molecule has 75 valence electrons. The molecule has 0 saturated carbocycles. The molecule has 0 heterocycles. The fourth-order valence-corrected chi connectivity index (χ4v) is 2.44. The maximum Gasteiger partial charge on any atom is 0.0716 e. The summed E-state index contributed by atoms with van der Waals surface area (Å²) < 4.78 is 0. The van der Waals surface area contributed by atoms with Gasteiger partial charge in [-0.3, -0.25) is 0 Å². The lowest BCUT2D eigenvalue weighted by Gasteiger charge is -2.18. The van der Waals surface area contributed by atoms with Crippen molar-refractivity contribution < 1.29 is 0 Å². The topological polar surface area (TPSA) is 0 Å². The molecule has 0 saturated heterocycles. The summed E-state index contributed by atoms with van der Waals surface area (Å²) >= 11 is 6.29. The van der Waals surface area contributed by atoms with Gasteiger partial charge in [-0.2, -0.15) is 0 Å². The summed E-state index contributed by atoms with van der Waals surface area (Å²) in [5.74, 6) is 0.506. The quantitative estimate of drug-likeness (QED) is 0.545. The Labute approximate surface area is 95.1 Å². The summed E-state index contributed by atoms with van der Waals surface area (Å²) in [5.41, 5.74) is 2.60. The lowest BCUT2D eigenvalue weighted by atomic mass is 9.94. The zero-order valence-corrected chi connectivity index (χ0v) is 10.7. The van der Waals surface area contributed by atoms with Crippen LogP contribution in [0.4, 0.5) is 0 Å². The first-order valence-corrected chi connectivity index (χ1v) is 6.00. The summed E-state index contributed by atoms with van der Waals surface area (Å²) in [4.78, 5) is 0. The number of benzene rings is 1. The zero-order valence-electron chi connectivity index (χ0n) is 8.97. The first-order chi connectivity index (χ1) is 6.57. The molecule has 0 aliphatic carbocycles. The van der Waals surface area contributed by atoms with Crippen molar-refractivity contribution in [3.63, 3.8) is 0 Å². The molecule has 3 radical (unpaired) electrons. The van der Waals surface area contributed by atoms with Crippen molar-refractivity contribution in [3.8, 4) is 0 Å². The SMILES string of the molecule is CCC(Cl)c1cccc([Si])c1C(C)C. The van der Waals surface area contributed by atoms with E-state index in [0.717, 1.165) is 11.6 Å². The molecule has 1 aromatic rings. The number of rotatable bonds is 3. The average Bonchev–Trinajstić information content (AvgIpc) is 2.15. The van der Waals surface area contributed by atoms with Gasteiger partial charge in [0.2, 0.25) is 0 Å². The van der Waals surface area contributed by atoms with Crippen molar-refractivity contribution >= 4 is 27.0 Å². The Hall–Kier alpha value is -0.273. The number of halogens is 1. The molecule has 0 nitrogen and oxygen atoms in total. The van der Waals surface area contributed by atoms with Crippen molar-refractivity contribution in [1.29, 1.82) is 0 Å².